The first kappa shape index (κ1) is 13.2. The van der Waals surface area contributed by atoms with Crippen molar-refractivity contribution >= 4 is 5.69 Å². The number of H-pyrrole nitrogens is 1. The number of aromatic nitrogens is 2. The van der Waals surface area contributed by atoms with Gasteiger partial charge in [0.1, 0.15) is 0 Å². The zero-order valence-corrected chi connectivity index (χ0v) is 10.6. The fourth-order valence-corrected chi connectivity index (χ4v) is 2.59. The standard InChI is InChI=1S/C12H18F3N3/c1-7-11(8(2)18-17-7)16-10-5-3-4-9(6-10)12(13,14)15/h9-10,16H,3-6H2,1-2H3,(H,17,18). The zero-order chi connectivity index (χ0) is 13.3. The van der Waals surface area contributed by atoms with Gasteiger partial charge in [-0.2, -0.15) is 18.3 Å². The number of anilines is 1. The van der Waals surface area contributed by atoms with Crippen molar-refractivity contribution in [2.75, 3.05) is 5.32 Å². The van der Waals surface area contributed by atoms with Gasteiger partial charge in [-0.05, 0) is 33.1 Å². The summed E-state index contributed by atoms with van der Waals surface area (Å²) in [7, 11) is 0. The van der Waals surface area contributed by atoms with Gasteiger partial charge in [-0.25, -0.2) is 0 Å². The SMILES string of the molecule is Cc1n[nH]c(C)c1NC1CCCC(C(F)(F)F)C1. The molecule has 6 heteroatoms. The van der Waals surface area contributed by atoms with Crippen molar-refractivity contribution in [3.05, 3.63) is 11.4 Å². The molecule has 2 atom stereocenters. The summed E-state index contributed by atoms with van der Waals surface area (Å²) >= 11 is 0. The predicted octanol–water partition coefficient (Wildman–Crippen LogP) is 3.56. The lowest BCUT2D eigenvalue weighted by Gasteiger charge is -2.31. The Bertz CT molecular complexity index is 392. The summed E-state index contributed by atoms with van der Waals surface area (Å²) in [4.78, 5) is 0. The van der Waals surface area contributed by atoms with Crippen molar-refractivity contribution in [1.82, 2.24) is 10.2 Å². The number of nitrogens with zero attached hydrogens (tertiary/aromatic N) is 1. The van der Waals surface area contributed by atoms with Gasteiger partial charge < -0.3 is 5.32 Å². The molecule has 1 aromatic heterocycles. The second-order valence-electron chi connectivity index (χ2n) is 5.06. The summed E-state index contributed by atoms with van der Waals surface area (Å²) in [5, 5.41) is 10.1. The third-order valence-corrected chi connectivity index (χ3v) is 3.61. The molecule has 1 aliphatic rings. The largest absolute Gasteiger partial charge is 0.391 e. The molecule has 1 aromatic rings. The van der Waals surface area contributed by atoms with Gasteiger partial charge in [0.25, 0.3) is 0 Å². The number of aryl methyl sites for hydroxylation is 2. The maximum atomic E-state index is 12.7. The van der Waals surface area contributed by atoms with E-state index in [-0.39, 0.29) is 18.9 Å². The molecule has 1 saturated carbocycles. The topological polar surface area (TPSA) is 40.7 Å². The number of hydrogen-bond donors (Lipinski definition) is 2. The Morgan fingerprint density at radius 2 is 2.00 bits per heavy atom. The average Bonchev–Trinajstić information content (AvgIpc) is 2.60. The minimum atomic E-state index is -4.07. The highest BCUT2D eigenvalue weighted by molar-refractivity contribution is 5.52. The lowest BCUT2D eigenvalue weighted by molar-refractivity contribution is -0.182. The van der Waals surface area contributed by atoms with Crippen LogP contribution in [-0.4, -0.2) is 22.4 Å². The van der Waals surface area contributed by atoms with Crippen molar-refractivity contribution in [3.63, 3.8) is 0 Å². The molecule has 0 radical (unpaired) electrons. The predicted molar refractivity (Wildman–Crippen MR) is 63.5 cm³/mol. The molecule has 1 fully saturated rings. The molecular weight excluding hydrogens is 243 g/mol. The number of nitrogens with one attached hydrogen (secondary N) is 2. The maximum Gasteiger partial charge on any atom is 0.391 e. The fourth-order valence-electron chi connectivity index (χ4n) is 2.59. The first-order valence-corrected chi connectivity index (χ1v) is 6.22. The highest BCUT2D eigenvalue weighted by atomic mass is 19.4. The monoisotopic (exact) mass is 261 g/mol. The van der Waals surface area contributed by atoms with Crippen LogP contribution in [0.5, 0.6) is 0 Å². The number of halogens is 3. The maximum absolute atomic E-state index is 12.7. The van der Waals surface area contributed by atoms with Crippen molar-refractivity contribution in [1.29, 1.82) is 0 Å². The van der Waals surface area contributed by atoms with Gasteiger partial charge in [-0.15, -0.1) is 0 Å². The van der Waals surface area contributed by atoms with Crippen molar-refractivity contribution < 1.29 is 13.2 Å². The van der Waals surface area contributed by atoms with Crippen LogP contribution in [0.3, 0.4) is 0 Å². The van der Waals surface area contributed by atoms with Gasteiger partial charge >= 0.3 is 6.18 Å². The van der Waals surface area contributed by atoms with Crippen LogP contribution in [-0.2, 0) is 0 Å². The fraction of sp³-hybridized carbons (Fsp3) is 0.750. The summed E-state index contributed by atoms with van der Waals surface area (Å²) in [5.74, 6) is -1.17. The molecule has 0 amide bonds. The minimum Gasteiger partial charge on any atom is -0.379 e. The van der Waals surface area contributed by atoms with Gasteiger partial charge in [0, 0.05) is 6.04 Å². The first-order valence-electron chi connectivity index (χ1n) is 6.22. The summed E-state index contributed by atoms with van der Waals surface area (Å²) in [6.45, 7) is 3.71. The molecule has 0 bridgehead atoms. The molecule has 2 N–H and O–H groups in total. The normalized spacial score (nSPS) is 25.2. The van der Waals surface area contributed by atoms with Crippen LogP contribution in [0.4, 0.5) is 18.9 Å². The quantitative estimate of drug-likeness (QED) is 0.854. The van der Waals surface area contributed by atoms with E-state index in [1.807, 2.05) is 13.8 Å². The van der Waals surface area contributed by atoms with Crippen LogP contribution in [0.2, 0.25) is 0 Å². The molecule has 0 spiro atoms. The molecule has 0 aromatic carbocycles. The van der Waals surface area contributed by atoms with E-state index >= 15 is 0 Å². The van der Waals surface area contributed by atoms with Crippen LogP contribution in [0.15, 0.2) is 0 Å². The Labute approximate surface area is 104 Å². The van der Waals surface area contributed by atoms with E-state index < -0.39 is 12.1 Å². The molecule has 102 valence electrons. The molecule has 2 rings (SSSR count). The van der Waals surface area contributed by atoms with E-state index in [1.165, 1.54) is 0 Å². The lowest BCUT2D eigenvalue weighted by Crippen LogP contribution is -2.34. The second kappa shape index (κ2) is 4.82. The third kappa shape index (κ3) is 2.79. The van der Waals surface area contributed by atoms with E-state index in [2.05, 4.69) is 15.5 Å². The van der Waals surface area contributed by atoms with Gasteiger partial charge in [-0.1, -0.05) is 6.42 Å². The number of rotatable bonds is 2. The minimum absolute atomic E-state index is 0.111. The summed E-state index contributed by atoms with van der Waals surface area (Å²) in [6.07, 6.45) is -2.24. The van der Waals surface area contributed by atoms with E-state index in [0.29, 0.717) is 6.42 Å². The first-order chi connectivity index (χ1) is 8.38. The van der Waals surface area contributed by atoms with E-state index in [9.17, 15) is 13.2 Å². The Kier molecular flexibility index (Phi) is 3.54. The van der Waals surface area contributed by atoms with Crippen LogP contribution in [0, 0.1) is 19.8 Å². The molecule has 0 aliphatic heterocycles. The van der Waals surface area contributed by atoms with Crippen LogP contribution >= 0.6 is 0 Å². The van der Waals surface area contributed by atoms with Crippen LogP contribution in [0.25, 0.3) is 0 Å². The molecule has 1 aliphatic carbocycles. The Morgan fingerprint density at radius 3 is 2.56 bits per heavy atom. The van der Waals surface area contributed by atoms with Gasteiger partial charge in [-0.3, -0.25) is 5.10 Å². The lowest BCUT2D eigenvalue weighted by atomic mass is 9.85. The average molecular weight is 261 g/mol. The molecule has 1 heterocycles. The summed E-state index contributed by atoms with van der Waals surface area (Å²) < 4.78 is 38.1. The number of aromatic amines is 1. The van der Waals surface area contributed by atoms with Gasteiger partial charge in [0.05, 0.1) is 23.0 Å². The van der Waals surface area contributed by atoms with Gasteiger partial charge in [0.15, 0.2) is 0 Å². The van der Waals surface area contributed by atoms with Crippen LogP contribution in [0.1, 0.15) is 37.1 Å². The molecular formula is C12H18F3N3. The molecule has 18 heavy (non-hydrogen) atoms. The number of hydrogen-bond acceptors (Lipinski definition) is 2. The van der Waals surface area contributed by atoms with Crippen molar-refractivity contribution in [2.45, 2.75) is 51.7 Å². The molecule has 0 saturated heterocycles. The zero-order valence-electron chi connectivity index (χ0n) is 10.6. The smallest absolute Gasteiger partial charge is 0.379 e. The Morgan fingerprint density at radius 1 is 1.28 bits per heavy atom. The van der Waals surface area contributed by atoms with E-state index in [4.69, 9.17) is 0 Å². The molecule has 2 unspecified atom stereocenters. The third-order valence-electron chi connectivity index (χ3n) is 3.61. The van der Waals surface area contributed by atoms with E-state index in [0.717, 1.165) is 23.5 Å². The van der Waals surface area contributed by atoms with E-state index in [1.54, 1.807) is 0 Å². The molecule has 3 nitrogen and oxygen atoms in total. The highest BCUT2D eigenvalue weighted by Gasteiger charge is 2.42. The van der Waals surface area contributed by atoms with Crippen molar-refractivity contribution in [3.8, 4) is 0 Å². The summed E-state index contributed by atoms with van der Waals surface area (Å²) in [6, 6.07) is -0.111. The second-order valence-corrected chi connectivity index (χ2v) is 5.06. The Balaban J connectivity index is 2.02. The number of alkyl halides is 3. The van der Waals surface area contributed by atoms with Crippen LogP contribution < -0.4 is 5.32 Å². The Hall–Kier alpha value is -1.20. The summed E-state index contributed by atoms with van der Waals surface area (Å²) in [5.41, 5.74) is 2.53. The van der Waals surface area contributed by atoms with Crippen molar-refractivity contribution in [2.24, 2.45) is 5.92 Å². The highest BCUT2D eigenvalue weighted by Crippen LogP contribution is 2.38. The van der Waals surface area contributed by atoms with Gasteiger partial charge in [0.2, 0.25) is 0 Å².